The molecule has 0 aromatic rings. The molecule has 0 spiro atoms. The largest absolute Gasteiger partial charge is 0.313 e. The van der Waals surface area contributed by atoms with Crippen LogP contribution in [-0.2, 0) is 0 Å². The van der Waals surface area contributed by atoms with Crippen LogP contribution in [-0.4, -0.2) is 37.1 Å². The van der Waals surface area contributed by atoms with E-state index < -0.39 is 0 Å². The quantitative estimate of drug-likeness (QED) is 0.809. The molecule has 0 amide bonds. The molecule has 1 heterocycles. The predicted octanol–water partition coefficient (Wildman–Crippen LogP) is 3.13. The minimum absolute atomic E-state index is 0.748. The van der Waals surface area contributed by atoms with Gasteiger partial charge in [-0.3, -0.25) is 0 Å². The van der Waals surface area contributed by atoms with Gasteiger partial charge >= 0.3 is 0 Å². The van der Waals surface area contributed by atoms with E-state index >= 15 is 0 Å². The van der Waals surface area contributed by atoms with Crippen molar-refractivity contribution >= 4 is 0 Å². The fourth-order valence-corrected chi connectivity index (χ4v) is 3.80. The molecule has 0 radical (unpaired) electrons. The van der Waals surface area contributed by atoms with Gasteiger partial charge in [0.2, 0.25) is 0 Å². The lowest BCUT2D eigenvalue weighted by atomic mass is 9.88. The van der Waals surface area contributed by atoms with Crippen LogP contribution >= 0.6 is 0 Å². The van der Waals surface area contributed by atoms with E-state index in [9.17, 15) is 0 Å². The van der Waals surface area contributed by atoms with Crippen molar-refractivity contribution in [3.05, 3.63) is 0 Å². The Balaban J connectivity index is 1.84. The van der Waals surface area contributed by atoms with E-state index in [4.69, 9.17) is 0 Å². The molecule has 3 unspecified atom stereocenters. The topological polar surface area (TPSA) is 15.3 Å². The first-order chi connectivity index (χ1) is 8.70. The van der Waals surface area contributed by atoms with E-state index in [1.54, 1.807) is 0 Å². The van der Waals surface area contributed by atoms with Crippen molar-refractivity contribution in [3.63, 3.8) is 0 Å². The van der Waals surface area contributed by atoms with Gasteiger partial charge in [0.15, 0.2) is 0 Å². The zero-order valence-corrected chi connectivity index (χ0v) is 12.6. The molecule has 0 bridgehead atoms. The molecule has 2 rings (SSSR count). The summed E-state index contributed by atoms with van der Waals surface area (Å²) in [5.41, 5.74) is 0. The SMILES string of the molecule is CCNC(CN1CCC(C)C(C)C1)C1CCCC1. The predicted molar refractivity (Wildman–Crippen MR) is 78.8 cm³/mol. The lowest BCUT2D eigenvalue weighted by molar-refractivity contribution is 0.116. The lowest BCUT2D eigenvalue weighted by Crippen LogP contribution is -2.48. The summed E-state index contributed by atoms with van der Waals surface area (Å²) in [7, 11) is 0. The summed E-state index contributed by atoms with van der Waals surface area (Å²) >= 11 is 0. The van der Waals surface area contributed by atoms with E-state index in [0.29, 0.717) is 0 Å². The number of nitrogens with zero attached hydrogens (tertiary/aromatic N) is 1. The standard InChI is InChI=1S/C16H32N2/c1-4-17-16(15-7-5-6-8-15)12-18-10-9-13(2)14(3)11-18/h13-17H,4-12H2,1-3H3. The molecule has 0 aromatic carbocycles. The number of likely N-dealkylation sites (N-methyl/N-ethyl adjacent to an activating group) is 1. The molecule has 1 N–H and O–H groups in total. The first-order valence-electron chi connectivity index (χ1n) is 8.16. The summed E-state index contributed by atoms with van der Waals surface area (Å²) < 4.78 is 0. The molecular formula is C16H32N2. The average molecular weight is 252 g/mol. The van der Waals surface area contributed by atoms with Gasteiger partial charge in [-0.05, 0) is 50.1 Å². The highest BCUT2D eigenvalue weighted by atomic mass is 15.2. The van der Waals surface area contributed by atoms with Crippen LogP contribution in [0.1, 0.15) is 52.9 Å². The zero-order chi connectivity index (χ0) is 13.0. The molecule has 1 aliphatic heterocycles. The van der Waals surface area contributed by atoms with Gasteiger partial charge < -0.3 is 10.2 Å². The molecule has 0 aromatic heterocycles. The van der Waals surface area contributed by atoms with Gasteiger partial charge in [-0.25, -0.2) is 0 Å². The second kappa shape index (κ2) is 6.91. The summed E-state index contributed by atoms with van der Waals surface area (Å²) in [4.78, 5) is 2.72. The number of hydrogen-bond acceptors (Lipinski definition) is 2. The molecule has 2 aliphatic rings. The molecule has 2 nitrogen and oxygen atoms in total. The van der Waals surface area contributed by atoms with Crippen LogP contribution in [0.5, 0.6) is 0 Å². The van der Waals surface area contributed by atoms with Crippen LogP contribution in [0.25, 0.3) is 0 Å². The second-order valence-corrected chi connectivity index (χ2v) is 6.71. The Kier molecular flexibility index (Phi) is 5.50. The lowest BCUT2D eigenvalue weighted by Gasteiger charge is -2.38. The molecule has 1 saturated heterocycles. The maximum atomic E-state index is 3.76. The monoisotopic (exact) mass is 252 g/mol. The van der Waals surface area contributed by atoms with Crippen LogP contribution in [0, 0.1) is 17.8 Å². The third kappa shape index (κ3) is 3.71. The van der Waals surface area contributed by atoms with Gasteiger partial charge in [0.25, 0.3) is 0 Å². The van der Waals surface area contributed by atoms with Crippen LogP contribution in [0.4, 0.5) is 0 Å². The summed E-state index contributed by atoms with van der Waals surface area (Å²) in [6.45, 7) is 12.1. The van der Waals surface area contributed by atoms with Crippen LogP contribution in [0.2, 0.25) is 0 Å². The third-order valence-corrected chi connectivity index (χ3v) is 5.31. The number of nitrogens with one attached hydrogen (secondary N) is 1. The van der Waals surface area contributed by atoms with Crippen molar-refractivity contribution in [1.82, 2.24) is 10.2 Å². The molecule has 2 fully saturated rings. The highest BCUT2D eigenvalue weighted by Crippen LogP contribution is 2.29. The molecule has 18 heavy (non-hydrogen) atoms. The second-order valence-electron chi connectivity index (χ2n) is 6.71. The number of rotatable bonds is 5. The maximum absolute atomic E-state index is 3.76. The van der Waals surface area contributed by atoms with E-state index in [0.717, 1.165) is 30.3 Å². The Bertz CT molecular complexity index is 235. The van der Waals surface area contributed by atoms with Crippen molar-refractivity contribution in [2.75, 3.05) is 26.2 Å². The van der Waals surface area contributed by atoms with Gasteiger partial charge in [0.05, 0.1) is 0 Å². The highest BCUT2D eigenvalue weighted by molar-refractivity contribution is 4.85. The Labute approximate surface area is 114 Å². The highest BCUT2D eigenvalue weighted by Gasteiger charge is 2.29. The Hall–Kier alpha value is -0.0800. The summed E-state index contributed by atoms with van der Waals surface area (Å²) in [5.74, 6) is 2.74. The van der Waals surface area contributed by atoms with E-state index in [1.807, 2.05) is 0 Å². The molecule has 3 atom stereocenters. The minimum atomic E-state index is 0.748. The number of hydrogen-bond donors (Lipinski definition) is 1. The first-order valence-corrected chi connectivity index (χ1v) is 8.16. The van der Waals surface area contributed by atoms with Crippen molar-refractivity contribution < 1.29 is 0 Å². The van der Waals surface area contributed by atoms with Crippen LogP contribution in [0.3, 0.4) is 0 Å². The molecule has 1 saturated carbocycles. The Morgan fingerprint density at radius 3 is 2.44 bits per heavy atom. The van der Waals surface area contributed by atoms with Gasteiger partial charge in [0.1, 0.15) is 0 Å². The first kappa shape index (κ1) is 14.3. The normalized spacial score (nSPS) is 32.8. The molecule has 106 valence electrons. The number of piperidine rings is 1. The van der Waals surface area contributed by atoms with Crippen molar-refractivity contribution in [2.45, 2.75) is 58.9 Å². The van der Waals surface area contributed by atoms with Gasteiger partial charge in [-0.2, -0.15) is 0 Å². The summed E-state index contributed by atoms with van der Waals surface area (Å²) in [5, 5.41) is 3.76. The van der Waals surface area contributed by atoms with Crippen molar-refractivity contribution in [2.24, 2.45) is 17.8 Å². The van der Waals surface area contributed by atoms with Gasteiger partial charge in [-0.1, -0.05) is 33.6 Å². The van der Waals surface area contributed by atoms with Crippen LogP contribution < -0.4 is 5.32 Å². The maximum Gasteiger partial charge on any atom is 0.0223 e. The zero-order valence-electron chi connectivity index (χ0n) is 12.6. The van der Waals surface area contributed by atoms with E-state index in [-0.39, 0.29) is 0 Å². The van der Waals surface area contributed by atoms with E-state index in [2.05, 4.69) is 31.0 Å². The van der Waals surface area contributed by atoms with Crippen molar-refractivity contribution in [1.29, 1.82) is 0 Å². The van der Waals surface area contributed by atoms with Gasteiger partial charge in [0, 0.05) is 19.1 Å². The van der Waals surface area contributed by atoms with Gasteiger partial charge in [-0.15, -0.1) is 0 Å². The van der Waals surface area contributed by atoms with E-state index in [1.165, 1.54) is 51.7 Å². The molecule has 1 aliphatic carbocycles. The van der Waals surface area contributed by atoms with Crippen molar-refractivity contribution in [3.8, 4) is 0 Å². The average Bonchev–Trinajstić information content (AvgIpc) is 2.87. The van der Waals surface area contributed by atoms with Crippen LogP contribution in [0.15, 0.2) is 0 Å². The Morgan fingerprint density at radius 2 is 1.83 bits per heavy atom. The fraction of sp³-hybridized carbons (Fsp3) is 1.00. The smallest absolute Gasteiger partial charge is 0.0223 e. The summed E-state index contributed by atoms with van der Waals surface area (Å²) in [6, 6.07) is 0.748. The number of likely N-dealkylation sites (tertiary alicyclic amines) is 1. The Morgan fingerprint density at radius 1 is 1.11 bits per heavy atom. The summed E-state index contributed by atoms with van der Waals surface area (Å²) in [6.07, 6.45) is 7.22. The fourth-order valence-electron chi connectivity index (χ4n) is 3.80. The molecular weight excluding hydrogens is 220 g/mol. The minimum Gasteiger partial charge on any atom is -0.313 e. The molecule has 2 heteroatoms. The third-order valence-electron chi connectivity index (χ3n) is 5.31.